The van der Waals surface area contributed by atoms with Crippen molar-refractivity contribution in [2.45, 2.75) is 13.3 Å². The average molecular weight is 341 g/mol. The Morgan fingerprint density at radius 3 is 2.71 bits per heavy atom. The van der Waals surface area contributed by atoms with Crippen molar-refractivity contribution in [3.63, 3.8) is 0 Å². The van der Waals surface area contributed by atoms with Crippen molar-refractivity contribution < 1.29 is 13.9 Å². The monoisotopic (exact) mass is 340 g/mol. The molecule has 1 aromatic carbocycles. The summed E-state index contributed by atoms with van der Waals surface area (Å²) in [4.78, 5) is 12.0. The van der Waals surface area contributed by atoms with E-state index in [0.717, 1.165) is 6.42 Å². The van der Waals surface area contributed by atoms with Crippen LogP contribution in [0.15, 0.2) is 40.3 Å². The van der Waals surface area contributed by atoms with E-state index < -0.39 is 5.97 Å². The molecule has 0 radical (unpaired) electrons. The summed E-state index contributed by atoms with van der Waals surface area (Å²) in [6.45, 7) is 2.22. The first-order valence-electron chi connectivity index (χ1n) is 7.17. The van der Waals surface area contributed by atoms with E-state index in [4.69, 9.17) is 31.3 Å². The number of hydrogen-bond acceptors (Lipinski definition) is 5. The first-order chi connectivity index (χ1) is 11.6. The summed E-state index contributed by atoms with van der Waals surface area (Å²) in [7, 11) is 0. The minimum atomic E-state index is -0.494. The van der Waals surface area contributed by atoms with Gasteiger partial charge in [0.05, 0.1) is 17.2 Å². The summed E-state index contributed by atoms with van der Waals surface area (Å²) in [5.41, 5.74) is 0.833. The lowest BCUT2D eigenvalue weighted by Gasteiger charge is -2.06. The van der Waals surface area contributed by atoms with Crippen LogP contribution in [0.1, 0.15) is 29.5 Å². The standard InChI is InChI=1S/C18H13ClN2O3/c1-2-7-23-18(22)15-9-13(3-5-16(15)19)17-6-4-14(24-17)8-12(10-20)11-21/h3-6,8-9H,2,7H2,1H3. The zero-order valence-electron chi connectivity index (χ0n) is 12.9. The van der Waals surface area contributed by atoms with E-state index >= 15 is 0 Å². The SMILES string of the molecule is CCCOC(=O)c1cc(-c2ccc(C=C(C#N)C#N)o2)ccc1Cl. The molecule has 0 unspecified atom stereocenters. The van der Waals surface area contributed by atoms with Crippen molar-refractivity contribution in [3.8, 4) is 23.5 Å². The Morgan fingerprint density at radius 1 is 1.29 bits per heavy atom. The Kier molecular flexibility index (Phi) is 5.78. The lowest BCUT2D eigenvalue weighted by molar-refractivity contribution is 0.0505. The molecule has 0 N–H and O–H groups in total. The summed E-state index contributed by atoms with van der Waals surface area (Å²) in [6, 6.07) is 11.7. The summed E-state index contributed by atoms with van der Waals surface area (Å²) in [5, 5.41) is 17.8. The molecular formula is C18H13ClN2O3. The predicted molar refractivity (Wildman–Crippen MR) is 88.9 cm³/mol. The van der Waals surface area contributed by atoms with Crippen molar-refractivity contribution >= 4 is 23.6 Å². The van der Waals surface area contributed by atoms with Crippen LogP contribution in [0.2, 0.25) is 5.02 Å². The lowest BCUT2D eigenvalue weighted by atomic mass is 10.1. The highest BCUT2D eigenvalue weighted by molar-refractivity contribution is 6.33. The van der Waals surface area contributed by atoms with Gasteiger partial charge in [-0.2, -0.15) is 10.5 Å². The number of furan rings is 1. The van der Waals surface area contributed by atoms with E-state index in [1.807, 2.05) is 6.92 Å². The quantitative estimate of drug-likeness (QED) is 0.586. The minimum Gasteiger partial charge on any atom is -0.462 e. The molecule has 5 nitrogen and oxygen atoms in total. The van der Waals surface area contributed by atoms with Crippen LogP contribution in [-0.4, -0.2) is 12.6 Å². The van der Waals surface area contributed by atoms with Crippen LogP contribution >= 0.6 is 11.6 Å². The second-order valence-corrected chi connectivity index (χ2v) is 5.22. The van der Waals surface area contributed by atoms with Gasteiger partial charge >= 0.3 is 5.97 Å². The highest BCUT2D eigenvalue weighted by Crippen LogP contribution is 2.28. The third-order valence-electron chi connectivity index (χ3n) is 3.06. The summed E-state index contributed by atoms with van der Waals surface area (Å²) >= 11 is 6.06. The fourth-order valence-electron chi connectivity index (χ4n) is 1.92. The van der Waals surface area contributed by atoms with Crippen molar-refractivity contribution in [1.29, 1.82) is 10.5 Å². The van der Waals surface area contributed by atoms with Gasteiger partial charge in [-0.3, -0.25) is 0 Å². The third kappa shape index (κ3) is 4.04. The molecule has 0 atom stereocenters. The molecule has 0 aliphatic heterocycles. The molecule has 0 spiro atoms. The molecular weight excluding hydrogens is 328 g/mol. The van der Waals surface area contributed by atoms with Gasteiger partial charge in [0, 0.05) is 11.6 Å². The van der Waals surface area contributed by atoms with Gasteiger partial charge in [0.1, 0.15) is 29.2 Å². The topological polar surface area (TPSA) is 87.0 Å². The molecule has 1 aromatic heterocycles. The van der Waals surface area contributed by atoms with E-state index in [2.05, 4.69) is 0 Å². The van der Waals surface area contributed by atoms with Crippen molar-refractivity contribution in [2.24, 2.45) is 0 Å². The molecule has 24 heavy (non-hydrogen) atoms. The number of rotatable bonds is 5. The molecule has 2 aromatic rings. The van der Waals surface area contributed by atoms with Crippen molar-refractivity contribution in [3.05, 3.63) is 52.3 Å². The highest BCUT2D eigenvalue weighted by Gasteiger charge is 2.14. The second kappa shape index (κ2) is 8.01. The zero-order valence-corrected chi connectivity index (χ0v) is 13.6. The number of carbonyl (C=O) groups excluding carboxylic acids is 1. The Bertz CT molecular complexity index is 853. The second-order valence-electron chi connectivity index (χ2n) is 4.81. The number of hydrogen-bond donors (Lipinski definition) is 0. The van der Waals surface area contributed by atoms with Gasteiger partial charge in [0.2, 0.25) is 0 Å². The smallest absolute Gasteiger partial charge is 0.339 e. The number of benzene rings is 1. The van der Waals surface area contributed by atoms with E-state index in [-0.39, 0.29) is 11.1 Å². The van der Waals surface area contributed by atoms with Gasteiger partial charge in [-0.1, -0.05) is 18.5 Å². The molecule has 0 saturated carbocycles. The first kappa shape index (κ1) is 17.3. The van der Waals surface area contributed by atoms with Crippen molar-refractivity contribution in [1.82, 2.24) is 0 Å². The van der Waals surface area contributed by atoms with E-state index in [1.54, 1.807) is 42.5 Å². The molecule has 120 valence electrons. The highest BCUT2D eigenvalue weighted by atomic mass is 35.5. The number of esters is 1. The van der Waals surface area contributed by atoms with Crippen molar-refractivity contribution in [2.75, 3.05) is 6.61 Å². The number of nitrogens with zero attached hydrogens (tertiary/aromatic N) is 2. The number of allylic oxidation sites excluding steroid dienone is 1. The first-order valence-corrected chi connectivity index (χ1v) is 7.55. The fraction of sp³-hybridized carbons (Fsp3) is 0.167. The molecule has 0 aliphatic carbocycles. The van der Waals surface area contributed by atoms with Gasteiger partial charge in [-0.15, -0.1) is 0 Å². The largest absolute Gasteiger partial charge is 0.462 e. The number of halogens is 1. The maximum atomic E-state index is 12.0. The normalized spacial score (nSPS) is 9.67. The van der Waals surface area contributed by atoms with Gasteiger partial charge in [-0.05, 0) is 36.8 Å². The molecule has 0 saturated heterocycles. The Hall–Kier alpha value is -3.02. The molecule has 0 fully saturated rings. The van der Waals surface area contributed by atoms with E-state index in [1.165, 1.54) is 6.08 Å². The Balaban J connectivity index is 2.33. The molecule has 0 bridgehead atoms. The van der Waals surface area contributed by atoms with E-state index in [9.17, 15) is 4.79 Å². The van der Waals surface area contributed by atoms with Crippen LogP contribution in [0.25, 0.3) is 17.4 Å². The molecule has 6 heteroatoms. The summed E-state index contributed by atoms with van der Waals surface area (Å²) < 4.78 is 10.7. The van der Waals surface area contributed by atoms with Crippen LogP contribution in [0.3, 0.4) is 0 Å². The van der Waals surface area contributed by atoms with Gasteiger partial charge in [0.25, 0.3) is 0 Å². The Morgan fingerprint density at radius 2 is 2.04 bits per heavy atom. The predicted octanol–water partition coefficient (Wildman–Crippen LogP) is 4.60. The zero-order chi connectivity index (χ0) is 17.5. The third-order valence-corrected chi connectivity index (χ3v) is 3.39. The number of carbonyl (C=O) groups is 1. The maximum Gasteiger partial charge on any atom is 0.339 e. The van der Waals surface area contributed by atoms with Gasteiger partial charge in [-0.25, -0.2) is 4.79 Å². The van der Waals surface area contributed by atoms with Crippen LogP contribution < -0.4 is 0 Å². The van der Waals surface area contributed by atoms with Gasteiger partial charge < -0.3 is 9.15 Å². The Labute approximate surface area is 144 Å². The maximum absolute atomic E-state index is 12.0. The minimum absolute atomic E-state index is 0.0594. The van der Waals surface area contributed by atoms with Crippen LogP contribution in [0.4, 0.5) is 0 Å². The number of ether oxygens (including phenoxy) is 1. The van der Waals surface area contributed by atoms with Crippen LogP contribution in [0.5, 0.6) is 0 Å². The van der Waals surface area contributed by atoms with E-state index in [0.29, 0.717) is 28.7 Å². The molecule has 0 aliphatic rings. The average Bonchev–Trinajstić information content (AvgIpc) is 3.06. The van der Waals surface area contributed by atoms with Crippen LogP contribution in [0, 0.1) is 22.7 Å². The summed E-state index contributed by atoms with van der Waals surface area (Å²) in [6.07, 6.45) is 2.06. The molecule has 2 rings (SSSR count). The lowest BCUT2D eigenvalue weighted by Crippen LogP contribution is -2.06. The molecule has 0 amide bonds. The fourth-order valence-corrected chi connectivity index (χ4v) is 2.12. The summed E-state index contributed by atoms with van der Waals surface area (Å²) in [5.74, 6) is 0.359. The van der Waals surface area contributed by atoms with Crippen LogP contribution in [-0.2, 0) is 4.74 Å². The number of nitriles is 2. The molecule has 1 heterocycles. The van der Waals surface area contributed by atoms with Gasteiger partial charge in [0.15, 0.2) is 0 Å².